The van der Waals surface area contributed by atoms with Crippen LogP contribution in [-0.4, -0.2) is 20.3 Å². The first-order chi connectivity index (χ1) is 6.83. The molecule has 0 bridgehead atoms. The van der Waals surface area contributed by atoms with Crippen molar-refractivity contribution in [3.63, 3.8) is 0 Å². The fraction of sp³-hybridized carbons (Fsp3) is 0.455. The van der Waals surface area contributed by atoms with Gasteiger partial charge in [-0.1, -0.05) is 12.1 Å². The van der Waals surface area contributed by atoms with Crippen LogP contribution in [0.5, 0.6) is 0 Å². The van der Waals surface area contributed by atoms with Gasteiger partial charge in [0.2, 0.25) is 0 Å². The van der Waals surface area contributed by atoms with E-state index in [2.05, 4.69) is 5.32 Å². The summed E-state index contributed by atoms with van der Waals surface area (Å²) in [6, 6.07) is 7.93. The standard InChI is InChI=1S/C11H18N2O/c1-14-8-2-7-13-9-10-3-5-11(12)6-4-10/h3-6,13H,2,7-9,12H2,1H3. The molecule has 0 radical (unpaired) electrons. The van der Waals surface area contributed by atoms with Crippen molar-refractivity contribution in [2.24, 2.45) is 0 Å². The molecule has 0 amide bonds. The maximum absolute atomic E-state index is 5.58. The van der Waals surface area contributed by atoms with Crippen LogP contribution >= 0.6 is 0 Å². The minimum atomic E-state index is 0.813. The zero-order chi connectivity index (χ0) is 10.2. The number of rotatable bonds is 6. The average Bonchev–Trinajstić information content (AvgIpc) is 2.21. The molecule has 1 aromatic carbocycles. The first-order valence-electron chi connectivity index (χ1n) is 4.87. The molecule has 0 saturated carbocycles. The molecular weight excluding hydrogens is 176 g/mol. The van der Waals surface area contributed by atoms with E-state index in [1.807, 2.05) is 24.3 Å². The van der Waals surface area contributed by atoms with Gasteiger partial charge in [0, 0.05) is 25.9 Å². The Balaban J connectivity index is 2.15. The van der Waals surface area contributed by atoms with Gasteiger partial charge in [0.15, 0.2) is 0 Å². The zero-order valence-electron chi connectivity index (χ0n) is 8.62. The van der Waals surface area contributed by atoms with Crippen molar-refractivity contribution in [2.45, 2.75) is 13.0 Å². The molecular formula is C11H18N2O. The number of nitrogens with two attached hydrogens (primary N) is 1. The summed E-state index contributed by atoms with van der Waals surface area (Å²) >= 11 is 0. The molecule has 1 aromatic rings. The molecule has 0 aliphatic rings. The molecule has 0 aliphatic heterocycles. The van der Waals surface area contributed by atoms with Crippen LogP contribution in [0.1, 0.15) is 12.0 Å². The Bertz CT molecular complexity index is 246. The fourth-order valence-corrected chi connectivity index (χ4v) is 1.21. The molecule has 0 fully saturated rings. The Hall–Kier alpha value is -1.06. The number of nitrogen functional groups attached to an aromatic ring is 1. The van der Waals surface area contributed by atoms with Crippen LogP contribution in [0.4, 0.5) is 5.69 Å². The number of anilines is 1. The molecule has 78 valence electrons. The smallest absolute Gasteiger partial charge is 0.0474 e. The lowest BCUT2D eigenvalue weighted by Gasteiger charge is -2.04. The van der Waals surface area contributed by atoms with Gasteiger partial charge in [-0.05, 0) is 30.7 Å². The summed E-state index contributed by atoms with van der Waals surface area (Å²) < 4.78 is 4.95. The molecule has 0 spiro atoms. The maximum atomic E-state index is 5.58. The van der Waals surface area contributed by atoms with Gasteiger partial charge in [0.1, 0.15) is 0 Å². The maximum Gasteiger partial charge on any atom is 0.0474 e. The van der Waals surface area contributed by atoms with E-state index in [1.54, 1.807) is 7.11 Å². The van der Waals surface area contributed by atoms with E-state index in [0.29, 0.717) is 0 Å². The summed E-state index contributed by atoms with van der Waals surface area (Å²) in [6.07, 6.45) is 1.05. The van der Waals surface area contributed by atoms with Crippen molar-refractivity contribution in [2.75, 3.05) is 26.0 Å². The van der Waals surface area contributed by atoms with Crippen LogP contribution in [-0.2, 0) is 11.3 Å². The van der Waals surface area contributed by atoms with E-state index in [4.69, 9.17) is 10.5 Å². The molecule has 3 nitrogen and oxygen atoms in total. The number of hydrogen-bond donors (Lipinski definition) is 2. The van der Waals surface area contributed by atoms with Gasteiger partial charge in [-0.2, -0.15) is 0 Å². The molecule has 0 aromatic heterocycles. The Morgan fingerprint density at radius 1 is 1.29 bits per heavy atom. The summed E-state index contributed by atoms with van der Waals surface area (Å²) in [5.74, 6) is 0. The molecule has 0 heterocycles. The number of nitrogens with one attached hydrogen (secondary N) is 1. The second-order valence-corrected chi connectivity index (χ2v) is 3.26. The highest BCUT2D eigenvalue weighted by molar-refractivity contribution is 5.39. The molecule has 0 atom stereocenters. The van der Waals surface area contributed by atoms with Crippen LogP contribution in [0.15, 0.2) is 24.3 Å². The largest absolute Gasteiger partial charge is 0.399 e. The topological polar surface area (TPSA) is 47.3 Å². The second kappa shape index (κ2) is 6.40. The lowest BCUT2D eigenvalue weighted by atomic mass is 10.2. The van der Waals surface area contributed by atoms with Gasteiger partial charge in [-0.3, -0.25) is 0 Å². The third-order valence-corrected chi connectivity index (χ3v) is 2.01. The quantitative estimate of drug-likeness (QED) is 0.531. The zero-order valence-corrected chi connectivity index (χ0v) is 8.62. The summed E-state index contributed by atoms with van der Waals surface area (Å²) in [6.45, 7) is 2.69. The average molecular weight is 194 g/mol. The minimum Gasteiger partial charge on any atom is -0.399 e. The van der Waals surface area contributed by atoms with Crippen molar-refractivity contribution in [3.8, 4) is 0 Å². The number of ether oxygens (including phenoxy) is 1. The van der Waals surface area contributed by atoms with Gasteiger partial charge >= 0.3 is 0 Å². The highest BCUT2D eigenvalue weighted by Gasteiger charge is 1.91. The summed E-state index contributed by atoms with van der Waals surface area (Å²) in [4.78, 5) is 0. The van der Waals surface area contributed by atoms with Crippen molar-refractivity contribution in [1.29, 1.82) is 0 Å². The van der Waals surface area contributed by atoms with Gasteiger partial charge in [-0.25, -0.2) is 0 Å². The van der Waals surface area contributed by atoms with Crippen molar-refractivity contribution < 1.29 is 4.74 Å². The molecule has 0 unspecified atom stereocenters. The predicted octanol–water partition coefficient (Wildman–Crippen LogP) is 1.39. The number of benzene rings is 1. The first-order valence-corrected chi connectivity index (χ1v) is 4.87. The van der Waals surface area contributed by atoms with Gasteiger partial charge in [-0.15, -0.1) is 0 Å². The molecule has 14 heavy (non-hydrogen) atoms. The predicted molar refractivity (Wildman–Crippen MR) is 59.1 cm³/mol. The summed E-state index contributed by atoms with van der Waals surface area (Å²) in [5.41, 5.74) is 7.66. The monoisotopic (exact) mass is 194 g/mol. The third kappa shape index (κ3) is 4.25. The summed E-state index contributed by atoms with van der Waals surface area (Å²) in [7, 11) is 1.72. The third-order valence-electron chi connectivity index (χ3n) is 2.01. The second-order valence-electron chi connectivity index (χ2n) is 3.26. The Morgan fingerprint density at radius 3 is 2.64 bits per heavy atom. The number of hydrogen-bond acceptors (Lipinski definition) is 3. The van der Waals surface area contributed by atoms with Crippen molar-refractivity contribution in [1.82, 2.24) is 5.32 Å². The minimum absolute atomic E-state index is 0.813. The van der Waals surface area contributed by atoms with E-state index < -0.39 is 0 Å². The lowest BCUT2D eigenvalue weighted by Crippen LogP contribution is -2.15. The first kappa shape index (κ1) is 11.0. The van der Waals surface area contributed by atoms with Crippen LogP contribution in [0.2, 0.25) is 0 Å². The van der Waals surface area contributed by atoms with Crippen LogP contribution in [0.3, 0.4) is 0 Å². The van der Waals surface area contributed by atoms with Crippen LogP contribution in [0, 0.1) is 0 Å². The molecule has 3 N–H and O–H groups in total. The van der Waals surface area contributed by atoms with E-state index >= 15 is 0 Å². The Labute approximate surface area is 85.3 Å². The van der Waals surface area contributed by atoms with E-state index in [0.717, 1.165) is 31.8 Å². The Morgan fingerprint density at radius 2 is 2.00 bits per heavy atom. The molecule has 0 aliphatic carbocycles. The van der Waals surface area contributed by atoms with Gasteiger partial charge < -0.3 is 15.8 Å². The summed E-state index contributed by atoms with van der Waals surface area (Å²) in [5, 5.41) is 3.34. The normalized spacial score (nSPS) is 10.4. The van der Waals surface area contributed by atoms with Gasteiger partial charge in [0.25, 0.3) is 0 Å². The van der Waals surface area contributed by atoms with E-state index in [9.17, 15) is 0 Å². The lowest BCUT2D eigenvalue weighted by molar-refractivity contribution is 0.194. The van der Waals surface area contributed by atoms with Gasteiger partial charge in [0.05, 0.1) is 0 Å². The van der Waals surface area contributed by atoms with Crippen LogP contribution in [0.25, 0.3) is 0 Å². The highest BCUT2D eigenvalue weighted by atomic mass is 16.5. The van der Waals surface area contributed by atoms with Crippen molar-refractivity contribution in [3.05, 3.63) is 29.8 Å². The fourth-order valence-electron chi connectivity index (χ4n) is 1.21. The number of methoxy groups -OCH3 is 1. The molecule has 3 heteroatoms. The SMILES string of the molecule is COCCCNCc1ccc(N)cc1. The highest BCUT2D eigenvalue weighted by Crippen LogP contribution is 2.04. The molecule has 1 rings (SSSR count). The van der Waals surface area contributed by atoms with Crippen LogP contribution < -0.4 is 11.1 Å². The van der Waals surface area contributed by atoms with Crippen molar-refractivity contribution >= 4 is 5.69 Å². The molecule has 0 saturated heterocycles. The van der Waals surface area contributed by atoms with E-state index in [1.165, 1.54) is 5.56 Å². The van der Waals surface area contributed by atoms with E-state index in [-0.39, 0.29) is 0 Å². The Kier molecular flexibility index (Phi) is 5.04.